The number of hydrogen-bond acceptors (Lipinski definition) is 0. The number of hydrogen-bond donors (Lipinski definition) is 0. The van der Waals surface area contributed by atoms with Gasteiger partial charge in [-0.25, -0.2) is 0 Å². The molecule has 3 aromatic carbocycles. The quantitative estimate of drug-likeness (QED) is 0.404. The molecule has 0 saturated carbocycles. The van der Waals surface area contributed by atoms with Crippen LogP contribution in [0.15, 0.2) is 59.9 Å². The zero-order valence-electron chi connectivity index (χ0n) is 16.8. The normalized spacial score (nSPS) is 11.9. The second-order valence-corrected chi connectivity index (χ2v) is 19.2. The average Bonchev–Trinajstić information content (AvgIpc) is 2.56. The van der Waals surface area contributed by atoms with E-state index in [1.165, 1.54) is 32.0 Å². The molecule has 0 aromatic heterocycles. The maximum Gasteiger partial charge on any atom is 0.0782 e. The first kappa shape index (κ1) is 18.7. The summed E-state index contributed by atoms with van der Waals surface area (Å²) in [6.07, 6.45) is 0. The maximum absolute atomic E-state index is 3.68. The maximum atomic E-state index is 3.68. The van der Waals surface area contributed by atoms with Crippen LogP contribution in [0.3, 0.4) is 0 Å². The lowest BCUT2D eigenvalue weighted by molar-refractivity contribution is 1.68. The minimum atomic E-state index is -1.32. The third kappa shape index (κ3) is 4.18. The first-order valence-electron chi connectivity index (χ1n) is 9.31. The first-order valence-corrected chi connectivity index (χ1v) is 16.5. The Morgan fingerprint density at radius 3 is 1.04 bits per heavy atom. The Balaban J connectivity index is 2.66. The second-order valence-electron chi connectivity index (χ2n) is 9.15. The van der Waals surface area contributed by atoms with Crippen molar-refractivity contribution in [1.29, 1.82) is 0 Å². The standard InChI is InChI=1S/C24H28Si2/c1-25(2,3)17-15-23-19-11-7-9-13-21(19)24(16-18-26(4,5)6)22-14-10-8-12-20(22)23/h7-14,17-18H,1-6H3. The molecule has 0 N–H and O–H groups in total. The van der Waals surface area contributed by atoms with Gasteiger partial charge in [-0.3, -0.25) is 0 Å². The molecule has 0 nitrogen and oxygen atoms in total. The molecular formula is C24H28Si2. The summed E-state index contributed by atoms with van der Waals surface area (Å²) in [7, 11) is -2.64. The highest BCUT2D eigenvalue weighted by molar-refractivity contribution is 6.81. The van der Waals surface area contributed by atoms with E-state index in [1.807, 2.05) is 0 Å². The van der Waals surface area contributed by atoms with Crippen LogP contribution in [0.2, 0.25) is 39.3 Å². The van der Waals surface area contributed by atoms with Gasteiger partial charge >= 0.3 is 0 Å². The molecule has 0 bridgehead atoms. The summed E-state index contributed by atoms with van der Waals surface area (Å²) in [6, 6.07) is 17.4. The van der Waals surface area contributed by atoms with Gasteiger partial charge in [-0.05, 0) is 21.5 Å². The largest absolute Gasteiger partial charge is 0.120 e. The van der Waals surface area contributed by atoms with Crippen LogP contribution in [0.25, 0.3) is 33.0 Å². The van der Waals surface area contributed by atoms with E-state index in [1.54, 1.807) is 0 Å². The summed E-state index contributed by atoms with van der Waals surface area (Å²) in [5, 5.41) is 7.52. The average molecular weight is 373 g/mol. The van der Waals surface area contributed by atoms with Crippen LogP contribution in [0, 0.1) is 0 Å². The van der Waals surface area contributed by atoms with Crippen LogP contribution in [-0.2, 0) is 0 Å². The number of benzene rings is 3. The van der Waals surface area contributed by atoms with Gasteiger partial charge in [0, 0.05) is 10.4 Å². The third-order valence-corrected chi connectivity index (χ3v) is 6.25. The van der Waals surface area contributed by atoms with Gasteiger partial charge in [0.25, 0.3) is 0 Å². The number of fused-ring (bicyclic) bond motifs is 2. The Kier molecular flexibility index (Phi) is 4.97. The van der Waals surface area contributed by atoms with E-state index in [9.17, 15) is 0 Å². The van der Waals surface area contributed by atoms with Crippen LogP contribution in [-0.4, -0.2) is 16.1 Å². The molecular weight excluding hydrogens is 344 g/mol. The molecule has 0 aliphatic rings. The van der Waals surface area contributed by atoms with E-state index >= 15 is 0 Å². The van der Waals surface area contributed by atoms with Gasteiger partial charge in [-0.1, -0.05) is 99.2 Å². The molecule has 2 heteroatoms. The SMILES string of the molecule is C[Si](C)(C)C=C=c1c2ccccc2c(=C=C[Si](C)(C)C)c2ccccc12. The van der Waals surface area contributed by atoms with Crippen molar-refractivity contribution in [2.45, 2.75) is 39.3 Å². The molecule has 132 valence electrons. The Bertz CT molecular complexity index is 1000. The van der Waals surface area contributed by atoms with Gasteiger partial charge in [0.05, 0.1) is 16.1 Å². The van der Waals surface area contributed by atoms with Crippen molar-refractivity contribution < 1.29 is 0 Å². The molecule has 3 rings (SSSR count). The van der Waals surface area contributed by atoms with Crippen molar-refractivity contribution in [3.63, 3.8) is 0 Å². The van der Waals surface area contributed by atoms with E-state index in [2.05, 4.69) is 111 Å². The lowest BCUT2D eigenvalue weighted by atomic mass is 9.98. The van der Waals surface area contributed by atoms with E-state index < -0.39 is 16.1 Å². The Morgan fingerprint density at radius 1 is 0.538 bits per heavy atom. The summed E-state index contributed by atoms with van der Waals surface area (Å²) in [5.74, 6) is 0. The van der Waals surface area contributed by atoms with Crippen LogP contribution >= 0.6 is 0 Å². The topological polar surface area (TPSA) is 0 Å². The first-order chi connectivity index (χ1) is 12.2. The second kappa shape index (κ2) is 6.91. The fourth-order valence-corrected chi connectivity index (χ4v) is 4.17. The van der Waals surface area contributed by atoms with Crippen molar-refractivity contribution in [1.82, 2.24) is 0 Å². The van der Waals surface area contributed by atoms with Crippen LogP contribution in [0.4, 0.5) is 0 Å². The zero-order chi connectivity index (χ0) is 18.9. The summed E-state index contributed by atoms with van der Waals surface area (Å²) >= 11 is 0. The van der Waals surface area contributed by atoms with Crippen molar-refractivity contribution in [2.24, 2.45) is 0 Å². The molecule has 26 heavy (non-hydrogen) atoms. The molecule has 0 unspecified atom stereocenters. The van der Waals surface area contributed by atoms with Gasteiger partial charge < -0.3 is 0 Å². The molecule has 0 aliphatic carbocycles. The van der Waals surface area contributed by atoms with Crippen molar-refractivity contribution in [3.05, 3.63) is 70.4 Å². The fourth-order valence-electron chi connectivity index (χ4n) is 3.02. The monoisotopic (exact) mass is 372 g/mol. The molecule has 0 saturated heterocycles. The third-order valence-electron chi connectivity index (χ3n) is 4.23. The lowest BCUT2D eigenvalue weighted by Crippen LogP contribution is -2.18. The van der Waals surface area contributed by atoms with Crippen LogP contribution in [0.1, 0.15) is 0 Å². The van der Waals surface area contributed by atoms with Gasteiger partial charge in [0.15, 0.2) is 0 Å². The summed E-state index contributed by atoms with van der Waals surface area (Å²) in [4.78, 5) is 0. The van der Waals surface area contributed by atoms with Gasteiger partial charge in [-0.2, -0.15) is 0 Å². The highest BCUT2D eigenvalue weighted by atomic mass is 28.3. The number of rotatable bonds is 2. The van der Waals surface area contributed by atoms with Crippen LogP contribution in [0.5, 0.6) is 0 Å². The predicted molar refractivity (Wildman–Crippen MR) is 123 cm³/mol. The predicted octanol–water partition coefficient (Wildman–Crippen LogP) is 5.62. The molecule has 3 aromatic rings. The molecule has 0 spiro atoms. The van der Waals surface area contributed by atoms with E-state index in [0.717, 1.165) is 0 Å². The Morgan fingerprint density at radius 2 is 0.808 bits per heavy atom. The highest BCUT2D eigenvalue weighted by Gasteiger charge is 2.09. The fraction of sp³-hybridized carbons (Fsp3) is 0.250. The Hall–Kier alpha value is -2.09. The summed E-state index contributed by atoms with van der Waals surface area (Å²) < 4.78 is 0. The van der Waals surface area contributed by atoms with Crippen molar-refractivity contribution in [3.8, 4) is 0 Å². The van der Waals surface area contributed by atoms with E-state index in [4.69, 9.17) is 0 Å². The van der Waals surface area contributed by atoms with Crippen molar-refractivity contribution in [2.75, 3.05) is 0 Å². The Labute approximate surface area is 158 Å². The lowest BCUT2D eigenvalue weighted by Gasteiger charge is -2.08. The smallest absolute Gasteiger partial charge is 0.0782 e. The highest BCUT2D eigenvalue weighted by Crippen LogP contribution is 2.14. The van der Waals surface area contributed by atoms with Gasteiger partial charge in [-0.15, -0.1) is 11.5 Å². The van der Waals surface area contributed by atoms with Gasteiger partial charge in [0.2, 0.25) is 0 Å². The molecule has 0 atom stereocenters. The molecule has 0 amide bonds. The molecule has 0 heterocycles. The molecule has 0 radical (unpaired) electrons. The minimum Gasteiger partial charge on any atom is -0.120 e. The van der Waals surface area contributed by atoms with Gasteiger partial charge in [0.1, 0.15) is 0 Å². The zero-order valence-corrected chi connectivity index (χ0v) is 18.8. The van der Waals surface area contributed by atoms with E-state index in [-0.39, 0.29) is 0 Å². The minimum absolute atomic E-state index is 1.22. The van der Waals surface area contributed by atoms with Crippen LogP contribution < -0.4 is 10.4 Å². The van der Waals surface area contributed by atoms with Crippen molar-refractivity contribution >= 4 is 49.2 Å². The summed E-state index contributed by atoms with van der Waals surface area (Å²) in [6.45, 7) is 14.1. The van der Waals surface area contributed by atoms with E-state index in [0.29, 0.717) is 0 Å². The molecule has 0 fully saturated rings. The summed E-state index contributed by atoms with van der Waals surface area (Å²) in [5.41, 5.74) is 12.0. The molecule has 0 aliphatic heterocycles.